The van der Waals surface area contributed by atoms with Crippen LogP contribution in [0.15, 0.2) is 6.20 Å². The van der Waals surface area contributed by atoms with E-state index in [4.69, 9.17) is 16.2 Å². The van der Waals surface area contributed by atoms with Crippen LogP contribution in [0.4, 0.5) is 5.82 Å². The summed E-state index contributed by atoms with van der Waals surface area (Å²) < 4.78 is 6.88. The first-order valence-corrected chi connectivity index (χ1v) is 7.48. The first-order chi connectivity index (χ1) is 11.4. The summed E-state index contributed by atoms with van der Waals surface area (Å²) in [7, 11) is 0. The SMILES string of the molecule is CCc1nc(N)c2c(C(N)=O)cn([C@@H]3OC(CO)[C@@H](O)[C@H]3O)c2n1. The highest BCUT2D eigenvalue weighted by Gasteiger charge is 2.44. The lowest BCUT2D eigenvalue weighted by Crippen LogP contribution is -2.33. The molecule has 24 heavy (non-hydrogen) atoms. The van der Waals surface area contributed by atoms with Crippen LogP contribution in [0, 0.1) is 0 Å². The fraction of sp³-hybridized carbons (Fsp3) is 0.500. The highest BCUT2D eigenvalue weighted by Crippen LogP contribution is 2.34. The Balaban J connectivity index is 2.21. The van der Waals surface area contributed by atoms with Crippen LogP contribution in [0.5, 0.6) is 0 Å². The molecule has 1 aliphatic heterocycles. The van der Waals surface area contributed by atoms with Gasteiger partial charge in [-0.25, -0.2) is 9.97 Å². The Kier molecular flexibility index (Phi) is 4.13. The molecule has 3 heterocycles. The Bertz CT molecular complexity index is 791. The van der Waals surface area contributed by atoms with Crippen LogP contribution < -0.4 is 11.5 Å². The van der Waals surface area contributed by atoms with Gasteiger partial charge in [0.2, 0.25) is 0 Å². The second kappa shape index (κ2) is 5.98. The molecule has 1 fully saturated rings. The maximum absolute atomic E-state index is 11.7. The Labute approximate surface area is 136 Å². The van der Waals surface area contributed by atoms with Crippen molar-refractivity contribution in [3.63, 3.8) is 0 Å². The van der Waals surface area contributed by atoms with Gasteiger partial charge in [0.05, 0.1) is 17.6 Å². The minimum atomic E-state index is -1.32. The number of aliphatic hydroxyl groups excluding tert-OH is 3. The van der Waals surface area contributed by atoms with E-state index in [2.05, 4.69) is 9.97 Å². The van der Waals surface area contributed by atoms with Gasteiger partial charge in [0.25, 0.3) is 5.91 Å². The number of anilines is 1. The molecule has 10 heteroatoms. The minimum absolute atomic E-state index is 0.0860. The maximum Gasteiger partial charge on any atom is 0.251 e. The molecule has 3 rings (SSSR count). The van der Waals surface area contributed by atoms with Crippen molar-refractivity contribution in [2.75, 3.05) is 12.3 Å². The number of carbonyl (C=O) groups is 1. The summed E-state index contributed by atoms with van der Waals surface area (Å²) in [6, 6.07) is 0. The second-order valence-corrected chi connectivity index (χ2v) is 5.62. The summed E-state index contributed by atoms with van der Waals surface area (Å²) in [5.41, 5.74) is 11.7. The van der Waals surface area contributed by atoms with Crippen LogP contribution in [-0.4, -0.2) is 60.7 Å². The predicted molar refractivity (Wildman–Crippen MR) is 82.8 cm³/mol. The summed E-state index contributed by atoms with van der Waals surface area (Å²) in [6.45, 7) is 1.38. The normalized spacial score (nSPS) is 27.0. The molecule has 7 N–H and O–H groups in total. The van der Waals surface area contributed by atoms with Gasteiger partial charge < -0.3 is 36.1 Å². The van der Waals surface area contributed by atoms with Crippen molar-refractivity contribution < 1.29 is 24.9 Å². The van der Waals surface area contributed by atoms with Gasteiger partial charge in [-0.3, -0.25) is 4.79 Å². The molecule has 0 aliphatic carbocycles. The average molecular weight is 337 g/mol. The number of nitrogen functional groups attached to an aromatic ring is 1. The van der Waals surface area contributed by atoms with Crippen molar-refractivity contribution in [3.05, 3.63) is 17.6 Å². The van der Waals surface area contributed by atoms with Crippen LogP contribution in [0.1, 0.15) is 29.3 Å². The van der Waals surface area contributed by atoms with E-state index in [1.807, 2.05) is 6.92 Å². The molecule has 10 nitrogen and oxygen atoms in total. The molecule has 0 bridgehead atoms. The van der Waals surface area contributed by atoms with Gasteiger partial charge in [-0.2, -0.15) is 0 Å². The van der Waals surface area contributed by atoms with Crippen LogP contribution in [-0.2, 0) is 11.2 Å². The predicted octanol–water partition coefficient (Wildman–Crippen LogP) is -1.71. The zero-order valence-corrected chi connectivity index (χ0v) is 13.0. The number of aromatic nitrogens is 3. The number of ether oxygens (including phenoxy) is 1. The Morgan fingerprint density at radius 1 is 1.38 bits per heavy atom. The largest absolute Gasteiger partial charge is 0.394 e. The maximum atomic E-state index is 11.7. The van der Waals surface area contributed by atoms with E-state index in [1.54, 1.807) is 0 Å². The number of carbonyl (C=O) groups excluding carboxylic acids is 1. The van der Waals surface area contributed by atoms with Gasteiger partial charge in [0.1, 0.15) is 35.6 Å². The van der Waals surface area contributed by atoms with Gasteiger partial charge in [-0.15, -0.1) is 0 Å². The number of aryl methyl sites for hydroxylation is 1. The molecule has 1 amide bonds. The van der Waals surface area contributed by atoms with Crippen LogP contribution in [0.2, 0.25) is 0 Å². The molecule has 0 spiro atoms. The van der Waals surface area contributed by atoms with Gasteiger partial charge >= 0.3 is 0 Å². The lowest BCUT2D eigenvalue weighted by atomic mass is 10.1. The standard InChI is InChI=1S/C14H19N5O5/c1-2-7-17-11(15)8-5(12(16)23)3-19(13(8)18-7)14-10(22)9(21)6(4-20)24-14/h3,6,9-10,14,20-22H,2,4H2,1H3,(H2,16,23)(H2,15,17,18)/t6?,9-,10-,14-/m1/s1. The van der Waals surface area contributed by atoms with Crippen molar-refractivity contribution in [2.24, 2.45) is 5.73 Å². The van der Waals surface area contributed by atoms with Crippen LogP contribution in [0.25, 0.3) is 11.0 Å². The number of aliphatic hydroxyl groups is 3. The molecule has 1 aliphatic rings. The summed E-state index contributed by atoms with van der Waals surface area (Å²) in [5.74, 6) is -0.191. The summed E-state index contributed by atoms with van der Waals surface area (Å²) in [4.78, 5) is 20.2. The molecule has 0 radical (unpaired) electrons. The zero-order chi connectivity index (χ0) is 17.6. The van der Waals surface area contributed by atoms with E-state index in [9.17, 15) is 20.1 Å². The highest BCUT2D eigenvalue weighted by molar-refractivity contribution is 6.08. The third-order valence-electron chi connectivity index (χ3n) is 4.12. The van der Waals surface area contributed by atoms with E-state index >= 15 is 0 Å². The number of nitrogens with zero attached hydrogens (tertiary/aromatic N) is 3. The Hall–Kier alpha value is -2.27. The number of primary amides is 1. The summed E-state index contributed by atoms with van der Waals surface area (Å²) in [5, 5.41) is 29.6. The van der Waals surface area contributed by atoms with E-state index in [1.165, 1.54) is 10.8 Å². The Morgan fingerprint density at radius 2 is 2.08 bits per heavy atom. The molecule has 1 saturated heterocycles. The van der Waals surface area contributed by atoms with Gasteiger partial charge in [0.15, 0.2) is 6.23 Å². The number of hydrogen-bond donors (Lipinski definition) is 5. The van der Waals surface area contributed by atoms with Crippen molar-refractivity contribution in [2.45, 2.75) is 37.9 Å². The monoisotopic (exact) mass is 337 g/mol. The molecular formula is C14H19N5O5. The number of hydrogen-bond acceptors (Lipinski definition) is 8. The van der Waals surface area contributed by atoms with Crippen molar-refractivity contribution in [3.8, 4) is 0 Å². The van der Waals surface area contributed by atoms with E-state index in [0.717, 1.165) is 0 Å². The first kappa shape index (κ1) is 16.6. The third-order valence-corrected chi connectivity index (χ3v) is 4.12. The fourth-order valence-electron chi connectivity index (χ4n) is 2.87. The van der Waals surface area contributed by atoms with Crippen LogP contribution in [0.3, 0.4) is 0 Å². The molecule has 2 aromatic heterocycles. The van der Waals surface area contributed by atoms with Crippen molar-refractivity contribution in [1.82, 2.24) is 14.5 Å². The van der Waals surface area contributed by atoms with Gasteiger partial charge in [-0.1, -0.05) is 6.92 Å². The third kappa shape index (κ3) is 2.40. The van der Waals surface area contributed by atoms with Crippen molar-refractivity contribution in [1.29, 1.82) is 0 Å². The van der Waals surface area contributed by atoms with E-state index in [-0.39, 0.29) is 22.4 Å². The first-order valence-electron chi connectivity index (χ1n) is 7.48. The smallest absolute Gasteiger partial charge is 0.251 e. The quantitative estimate of drug-likeness (QED) is 0.439. The van der Waals surface area contributed by atoms with Gasteiger partial charge in [0, 0.05) is 12.6 Å². The molecule has 1 unspecified atom stereocenters. The summed E-state index contributed by atoms with van der Waals surface area (Å²) in [6.07, 6.45) is -2.74. The highest BCUT2D eigenvalue weighted by atomic mass is 16.6. The zero-order valence-electron chi connectivity index (χ0n) is 13.0. The fourth-order valence-corrected chi connectivity index (χ4v) is 2.87. The lowest BCUT2D eigenvalue weighted by Gasteiger charge is -2.17. The van der Waals surface area contributed by atoms with Crippen molar-refractivity contribution >= 4 is 22.8 Å². The molecule has 2 aromatic rings. The second-order valence-electron chi connectivity index (χ2n) is 5.62. The van der Waals surface area contributed by atoms with Gasteiger partial charge in [-0.05, 0) is 0 Å². The topological polar surface area (TPSA) is 170 Å². The molecule has 0 aromatic carbocycles. The number of amides is 1. The number of fused-ring (bicyclic) bond motifs is 1. The molecule has 130 valence electrons. The number of nitrogens with two attached hydrogens (primary N) is 2. The van der Waals surface area contributed by atoms with E-state index < -0.39 is 37.1 Å². The number of rotatable bonds is 4. The Morgan fingerprint density at radius 3 is 2.62 bits per heavy atom. The summed E-state index contributed by atoms with van der Waals surface area (Å²) >= 11 is 0. The molecule has 0 saturated carbocycles. The average Bonchev–Trinajstić information content (AvgIpc) is 3.07. The molecule has 4 atom stereocenters. The lowest BCUT2D eigenvalue weighted by molar-refractivity contribution is -0.0509. The van der Waals surface area contributed by atoms with Crippen LogP contribution >= 0.6 is 0 Å². The minimum Gasteiger partial charge on any atom is -0.394 e. The van der Waals surface area contributed by atoms with E-state index in [0.29, 0.717) is 12.2 Å². The molecular weight excluding hydrogens is 318 g/mol.